The molecule has 1 aromatic carbocycles. The first-order valence-corrected chi connectivity index (χ1v) is 7.99. The minimum atomic E-state index is -0.363. The van der Waals surface area contributed by atoms with Crippen molar-refractivity contribution in [3.8, 4) is 0 Å². The highest BCUT2D eigenvalue weighted by Crippen LogP contribution is 2.19. The summed E-state index contributed by atoms with van der Waals surface area (Å²) >= 11 is 0. The Balaban J connectivity index is 0. The molecule has 1 aromatic rings. The van der Waals surface area contributed by atoms with Crippen LogP contribution in [0.4, 0.5) is 11.4 Å². The van der Waals surface area contributed by atoms with Crippen molar-refractivity contribution in [2.24, 2.45) is 0 Å². The molecular formula is C16H32N2O2. The molecule has 20 heavy (non-hydrogen) atoms. The minimum Gasteiger partial charge on any atom is -0.380 e. The van der Waals surface area contributed by atoms with Crippen LogP contribution in [-0.2, 0) is 0 Å². The largest absolute Gasteiger partial charge is 0.380 e. The van der Waals surface area contributed by atoms with Crippen LogP contribution in [0.15, 0.2) is 9.59 Å². The summed E-state index contributed by atoms with van der Waals surface area (Å²) in [6.07, 6.45) is 2.08. The van der Waals surface area contributed by atoms with E-state index in [0.717, 1.165) is 32.5 Å². The molecule has 0 aliphatic heterocycles. The number of hydrogen-bond acceptors (Lipinski definition) is 4. The van der Waals surface area contributed by atoms with E-state index in [1.165, 1.54) is 0 Å². The Morgan fingerprint density at radius 2 is 1.40 bits per heavy atom. The van der Waals surface area contributed by atoms with E-state index >= 15 is 0 Å². The second kappa shape index (κ2) is 12.7. The maximum Gasteiger partial charge on any atom is 0.253 e. The molecule has 4 heteroatoms. The van der Waals surface area contributed by atoms with Crippen LogP contribution in [0.3, 0.4) is 0 Å². The lowest BCUT2D eigenvalue weighted by Gasteiger charge is -2.24. The number of nitrogens with one attached hydrogen (secondary N) is 1. The van der Waals surface area contributed by atoms with Crippen LogP contribution in [0, 0.1) is 0 Å². The van der Waals surface area contributed by atoms with Crippen LogP contribution in [0.25, 0.3) is 0 Å². The molecule has 0 aromatic heterocycles. The molecular weight excluding hydrogens is 252 g/mol. The summed E-state index contributed by atoms with van der Waals surface area (Å²) in [5.41, 5.74) is 0.383. The van der Waals surface area contributed by atoms with Crippen LogP contribution in [0.2, 0.25) is 0 Å². The van der Waals surface area contributed by atoms with E-state index in [0.29, 0.717) is 11.4 Å². The Morgan fingerprint density at radius 3 is 1.80 bits per heavy atom. The molecule has 0 radical (unpaired) electrons. The predicted octanol–water partition coefficient (Wildman–Crippen LogP) is 3.39. The number of nitrogens with zero attached hydrogens (tertiary/aromatic N) is 1. The van der Waals surface area contributed by atoms with Gasteiger partial charge in [0.25, 0.3) is 10.9 Å². The molecule has 0 aliphatic carbocycles. The van der Waals surface area contributed by atoms with Crippen molar-refractivity contribution in [3.05, 3.63) is 20.4 Å². The van der Waals surface area contributed by atoms with Crippen molar-refractivity contribution >= 4 is 11.4 Å². The standard InChI is InChI=1S/C12H20N2O2.2C2H6/c1-4-7-8-13-9-10(12(16)11(9)15)14(5-2)6-3;2*1-2/h13H,4-8H2,1-3H3;2*1-2H3. The number of hydrogen-bond donors (Lipinski definition) is 1. The summed E-state index contributed by atoms with van der Waals surface area (Å²) in [6, 6.07) is 0. The smallest absolute Gasteiger partial charge is 0.253 e. The van der Waals surface area contributed by atoms with Gasteiger partial charge in [-0.1, -0.05) is 41.0 Å². The topological polar surface area (TPSA) is 49.4 Å². The molecule has 4 nitrogen and oxygen atoms in total. The molecule has 0 atom stereocenters. The molecule has 1 rings (SSSR count). The molecule has 0 amide bonds. The zero-order valence-electron chi connectivity index (χ0n) is 14.3. The van der Waals surface area contributed by atoms with Gasteiger partial charge >= 0.3 is 0 Å². The summed E-state index contributed by atoms with van der Waals surface area (Å²) in [7, 11) is 0. The molecule has 0 spiro atoms. The fourth-order valence-corrected chi connectivity index (χ4v) is 1.78. The van der Waals surface area contributed by atoms with Gasteiger partial charge in [0.05, 0.1) is 0 Å². The number of rotatable bonds is 7. The van der Waals surface area contributed by atoms with Gasteiger partial charge in [-0.3, -0.25) is 9.59 Å². The molecule has 0 heterocycles. The summed E-state index contributed by atoms with van der Waals surface area (Å²) in [4.78, 5) is 24.8. The third-order valence-corrected chi connectivity index (χ3v) is 2.80. The van der Waals surface area contributed by atoms with Gasteiger partial charge < -0.3 is 10.2 Å². The van der Waals surface area contributed by atoms with E-state index in [1.54, 1.807) is 0 Å². The minimum absolute atomic E-state index is 0.345. The first-order chi connectivity index (χ1) is 9.67. The Hall–Kier alpha value is -1.32. The van der Waals surface area contributed by atoms with Gasteiger partial charge in [-0.25, -0.2) is 0 Å². The van der Waals surface area contributed by atoms with E-state index in [9.17, 15) is 9.59 Å². The maximum absolute atomic E-state index is 11.5. The summed E-state index contributed by atoms with van der Waals surface area (Å²) in [5, 5.41) is 3.07. The monoisotopic (exact) mass is 284 g/mol. The lowest BCUT2D eigenvalue weighted by Crippen LogP contribution is -2.42. The van der Waals surface area contributed by atoms with Gasteiger partial charge in [0.1, 0.15) is 11.4 Å². The highest BCUT2D eigenvalue weighted by Gasteiger charge is 2.23. The molecule has 0 saturated carbocycles. The average molecular weight is 284 g/mol. The fraction of sp³-hybridized carbons (Fsp3) is 0.750. The normalized spacial score (nSPS) is 9.15. The van der Waals surface area contributed by atoms with Crippen molar-refractivity contribution in [2.75, 3.05) is 29.9 Å². The lowest BCUT2D eigenvalue weighted by molar-refractivity contribution is 0.823. The number of anilines is 2. The summed E-state index contributed by atoms with van der Waals surface area (Å²) in [5.74, 6) is 0. The SMILES string of the molecule is CC.CC.CCCCNc1c(N(CC)CC)c(=O)c1=O. The Bertz CT molecular complexity index is 403. The Labute approximate surface area is 123 Å². The Kier molecular flexibility index (Phi) is 13.3. The zero-order chi connectivity index (χ0) is 16.1. The van der Waals surface area contributed by atoms with E-state index in [4.69, 9.17) is 0 Å². The van der Waals surface area contributed by atoms with Crippen LogP contribution >= 0.6 is 0 Å². The zero-order valence-corrected chi connectivity index (χ0v) is 14.3. The predicted molar refractivity (Wildman–Crippen MR) is 91.0 cm³/mol. The van der Waals surface area contributed by atoms with Crippen LogP contribution in [-0.4, -0.2) is 19.6 Å². The highest BCUT2D eigenvalue weighted by atomic mass is 16.2. The molecule has 0 fully saturated rings. The maximum atomic E-state index is 11.5. The van der Waals surface area contributed by atoms with Gasteiger partial charge in [-0.2, -0.15) is 0 Å². The van der Waals surface area contributed by atoms with E-state index in [-0.39, 0.29) is 10.9 Å². The first-order valence-electron chi connectivity index (χ1n) is 7.99. The van der Waals surface area contributed by atoms with Crippen molar-refractivity contribution < 1.29 is 0 Å². The second-order valence-electron chi connectivity index (χ2n) is 3.83. The van der Waals surface area contributed by atoms with E-state index in [1.807, 2.05) is 46.4 Å². The molecule has 0 saturated heterocycles. The summed E-state index contributed by atoms with van der Waals surface area (Å²) in [6.45, 7) is 16.3. The van der Waals surface area contributed by atoms with E-state index < -0.39 is 0 Å². The fourth-order valence-electron chi connectivity index (χ4n) is 1.78. The third-order valence-electron chi connectivity index (χ3n) is 2.80. The van der Waals surface area contributed by atoms with Crippen molar-refractivity contribution in [1.82, 2.24) is 0 Å². The van der Waals surface area contributed by atoms with Crippen LogP contribution in [0.5, 0.6) is 0 Å². The van der Waals surface area contributed by atoms with Gasteiger partial charge in [0, 0.05) is 19.6 Å². The molecule has 0 aliphatic rings. The number of unbranched alkanes of at least 4 members (excludes halogenated alkanes) is 1. The van der Waals surface area contributed by atoms with Crippen LogP contribution < -0.4 is 21.1 Å². The first kappa shape index (κ1) is 21.0. The van der Waals surface area contributed by atoms with Crippen LogP contribution in [0.1, 0.15) is 61.3 Å². The highest BCUT2D eigenvalue weighted by molar-refractivity contribution is 5.75. The molecule has 118 valence electrons. The molecule has 0 unspecified atom stereocenters. The van der Waals surface area contributed by atoms with Crippen molar-refractivity contribution in [1.29, 1.82) is 0 Å². The van der Waals surface area contributed by atoms with Crippen molar-refractivity contribution in [3.63, 3.8) is 0 Å². The third kappa shape index (κ3) is 5.35. The second-order valence-corrected chi connectivity index (χ2v) is 3.83. The molecule has 1 N–H and O–H groups in total. The van der Waals surface area contributed by atoms with Crippen molar-refractivity contribution in [2.45, 2.75) is 61.3 Å². The van der Waals surface area contributed by atoms with Gasteiger partial charge in [0.15, 0.2) is 0 Å². The van der Waals surface area contributed by atoms with Gasteiger partial charge in [-0.05, 0) is 20.3 Å². The van der Waals surface area contributed by atoms with Gasteiger partial charge in [0.2, 0.25) is 0 Å². The average Bonchev–Trinajstić information content (AvgIpc) is 2.53. The Morgan fingerprint density at radius 1 is 0.900 bits per heavy atom. The van der Waals surface area contributed by atoms with Gasteiger partial charge in [-0.15, -0.1) is 0 Å². The summed E-state index contributed by atoms with van der Waals surface area (Å²) < 4.78 is 0. The van der Waals surface area contributed by atoms with E-state index in [2.05, 4.69) is 12.2 Å². The quantitative estimate of drug-likeness (QED) is 0.616. The lowest BCUT2D eigenvalue weighted by atomic mass is 10.1. The molecule has 0 bridgehead atoms.